The molecule has 0 aliphatic rings. The highest BCUT2D eigenvalue weighted by atomic mass is 32.2. The van der Waals surface area contributed by atoms with Gasteiger partial charge in [0.1, 0.15) is 16.3 Å². The molecule has 0 spiro atoms. The van der Waals surface area contributed by atoms with Crippen LogP contribution in [0.25, 0.3) is 0 Å². The summed E-state index contributed by atoms with van der Waals surface area (Å²) in [6.45, 7) is 5.53. The van der Waals surface area contributed by atoms with E-state index in [0.29, 0.717) is 24.5 Å². The molecule has 0 aliphatic carbocycles. The second kappa shape index (κ2) is 9.77. The van der Waals surface area contributed by atoms with Crippen LogP contribution in [0.4, 0.5) is 5.69 Å². The van der Waals surface area contributed by atoms with Gasteiger partial charge in [-0.1, -0.05) is 26.0 Å². The molecule has 0 bridgehead atoms. The number of sulfonamides is 1. The number of aromatic nitrogens is 1. The van der Waals surface area contributed by atoms with Gasteiger partial charge in [0.05, 0.1) is 12.8 Å². The molecule has 1 unspecified atom stereocenters. The molecular weight excluding hydrogens is 410 g/mol. The van der Waals surface area contributed by atoms with Gasteiger partial charge in [-0.2, -0.15) is 4.31 Å². The van der Waals surface area contributed by atoms with Crippen LogP contribution in [-0.2, 0) is 26.6 Å². The number of benzene rings is 1. The lowest BCUT2D eigenvalue weighted by Crippen LogP contribution is -2.30. The number of para-hydroxylation sites is 2. The molecule has 0 saturated carbocycles. The number of ether oxygens (including phenoxy) is 2. The number of carbonyl (C=O) groups excluding carboxylic acids is 2. The number of hydrogen-bond acceptors (Lipinski definition) is 6. The second-order valence-corrected chi connectivity index (χ2v) is 8.44. The molecule has 1 atom stereocenters. The molecule has 2 aromatic rings. The fourth-order valence-electron chi connectivity index (χ4n) is 2.85. The minimum Gasteiger partial charge on any atom is -0.495 e. The van der Waals surface area contributed by atoms with E-state index in [1.165, 1.54) is 42.2 Å². The molecule has 1 amide bonds. The number of esters is 1. The van der Waals surface area contributed by atoms with Crippen molar-refractivity contribution in [3.05, 3.63) is 42.2 Å². The Hall–Kier alpha value is -2.85. The van der Waals surface area contributed by atoms with Gasteiger partial charge in [0, 0.05) is 26.3 Å². The van der Waals surface area contributed by atoms with Gasteiger partial charge >= 0.3 is 5.97 Å². The number of methoxy groups -OCH3 is 1. The normalized spacial score (nSPS) is 12.5. The first kappa shape index (κ1) is 23.4. The molecular formula is C20H27N3O6S. The Labute approximate surface area is 176 Å². The molecule has 164 valence electrons. The van der Waals surface area contributed by atoms with Crippen molar-refractivity contribution in [1.29, 1.82) is 0 Å². The predicted octanol–water partition coefficient (Wildman–Crippen LogP) is 2.25. The van der Waals surface area contributed by atoms with Gasteiger partial charge in [0.2, 0.25) is 10.0 Å². The van der Waals surface area contributed by atoms with Gasteiger partial charge in [0.15, 0.2) is 6.10 Å². The van der Waals surface area contributed by atoms with E-state index in [9.17, 15) is 18.0 Å². The monoisotopic (exact) mass is 437 g/mol. The number of rotatable bonds is 9. The van der Waals surface area contributed by atoms with Gasteiger partial charge in [-0.05, 0) is 25.1 Å². The molecule has 2 rings (SSSR count). The largest absolute Gasteiger partial charge is 0.495 e. The number of amides is 1. The van der Waals surface area contributed by atoms with E-state index in [0.717, 1.165) is 0 Å². The molecule has 0 radical (unpaired) electrons. The molecule has 1 N–H and O–H groups in total. The van der Waals surface area contributed by atoms with Crippen molar-refractivity contribution in [1.82, 2.24) is 8.87 Å². The molecule has 0 aliphatic heterocycles. The average Bonchev–Trinajstić information content (AvgIpc) is 3.11. The van der Waals surface area contributed by atoms with E-state index in [4.69, 9.17) is 9.47 Å². The fraction of sp³-hybridized carbons (Fsp3) is 0.400. The molecule has 1 heterocycles. The van der Waals surface area contributed by atoms with Gasteiger partial charge in [-0.3, -0.25) is 4.79 Å². The topological polar surface area (TPSA) is 107 Å². The van der Waals surface area contributed by atoms with Crippen LogP contribution in [0, 0.1) is 0 Å². The van der Waals surface area contributed by atoms with Crippen molar-refractivity contribution in [2.24, 2.45) is 7.05 Å². The van der Waals surface area contributed by atoms with Crippen molar-refractivity contribution < 1.29 is 27.5 Å². The number of anilines is 1. The molecule has 0 fully saturated rings. The average molecular weight is 438 g/mol. The van der Waals surface area contributed by atoms with Gasteiger partial charge in [-0.15, -0.1) is 0 Å². The zero-order chi connectivity index (χ0) is 22.5. The standard InChI is InChI=1S/C20H27N3O6S/c1-6-23(7-2)30(26,27)15-12-17(22(4)13-15)20(25)29-14(3)19(24)21-16-10-8-9-11-18(16)28-5/h8-14H,6-7H2,1-5H3,(H,21,24). The van der Waals surface area contributed by atoms with Gasteiger partial charge in [0.25, 0.3) is 5.91 Å². The quantitative estimate of drug-likeness (QED) is 0.603. The minimum absolute atomic E-state index is 0.00761. The van der Waals surface area contributed by atoms with Gasteiger partial charge in [-0.25, -0.2) is 13.2 Å². The van der Waals surface area contributed by atoms with E-state index in [1.807, 2.05) is 0 Å². The Morgan fingerprint density at radius 2 is 1.83 bits per heavy atom. The highest BCUT2D eigenvalue weighted by Crippen LogP contribution is 2.23. The van der Waals surface area contributed by atoms with Crippen LogP contribution >= 0.6 is 0 Å². The van der Waals surface area contributed by atoms with E-state index in [-0.39, 0.29) is 10.6 Å². The first-order valence-corrected chi connectivity index (χ1v) is 10.9. The molecule has 0 saturated heterocycles. The summed E-state index contributed by atoms with van der Waals surface area (Å²) < 4.78 is 38.4. The Morgan fingerprint density at radius 1 is 1.20 bits per heavy atom. The van der Waals surface area contributed by atoms with E-state index >= 15 is 0 Å². The lowest BCUT2D eigenvalue weighted by molar-refractivity contribution is -0.123. The zero-order valence-electron chi connectivity index (χ0n) is 17.7. The van der Waals surface area contributed by atoms with Crippen molar-refractivity contribution in [3.8, 4) is 5.75 Å². The van der Waals surface area contributed by atoms with Crippen molar-refractivity contribution in [2.75, 3.05) is 25.5 Å². The highest BCUT2D eigenvalue weighted by Gasteiger charge is 2.27. The Morgan fingerprint density at radius 3 is 2.43 bits per heavy atom. The Balaban J connectivity index is 2.14. The highest BCUT2D eigenvalue weighted by molar-refractivity contribution is 7.89. The maximum atomic E-state index is 12.7. The van der Waals surface area contributed by atoms with Crippen LogP contribution in [-0.4, -0.2) is 55.5 Å². The van der Waals surface area contributed by atoms with Crippen LogP contribution in [0.3, 0.4) is 0 Å². The summed E-state index contributed by atoms with van der Waals surface area (Å²) in [6.07, 6.45) is 0.240. The summed E-state index contributed by atoms with van der Waals surface area (Å²) in [6, 6.07) is 8.09. The minimum atomic E-state index is -3.72. The number of nitrogens with one attached hydrogen (secondary N) is 1. The zero-order valence-corrected chi connectivity index (χ0v) is 18.5. The second-order valence-electron chi connectivity index (χ2n) is 6.50. The summed E-state index contributed by atoms with van der Waals surface area (Å²) in [5, 5.41) is 2.64. The van der Waals surface area contributed by atoms with E-state index in [1.54, 1.807) is 38.1 Å². The summed E-state index contributed by atoms with van der Waals surface area (Å²) >= 11 is 0. The lowest BCUT2D eigenvalue weighted by Gasteiger charge is -2.17. The molecule has 1 aromatic heterocycles. The SMILES string of the molecule is CCN(CC)S(=O)(=O)c1cc(C(=O)OC(C)C(=O)Nc2ccccc2OC)n(C)c1. The maximum absolute atomic E-state index is 12.7. The van der Waals surface area contributed by atoms with Crippen LogP contribution in [0.2, 0.25) is 0 Å². The predicted molar refractivity (Wildman–Crippen MR) is 112 cm³/mol. The fourth-order valence-corrected chi connectivity index (χ4v) is 4.38. The summed E-state index contributed by atoms with van der Waals surface area (Å²) in [4.78, 5) is 25.0. The third-order valence-corrected chi connectivity index (χ3v) is 6.57. The number of nitrogens with zero attached hydrogens (tertiary/aromatic N) is 2. The summed E-state index contributed by atoms with van der Waals surface area (Å²) in [7, 11) is -0.699. The van der Waals surface area contributed by atoms with Crippen molar-refractivity contribution in [3.63, 3.8) is 0 Å². The lowest BCUT2D eigenvalue weighted by atomic mass is 10.2. The molecule has 30 heavy (non-hydrogen) atoms. The number of hydrogen-bond donors (Lipinski definition) is 1. The molecule has 1 aromatic carbocycles. The third kappa shape index (κ3) is 5.00. The maximum Gasteiger partial charge on any atom is 0.355 e. The van der Waals surface area contributed by atoms with Crippen molar-refractivity contribution >= 4 is 27.6 Å². The molecule has 10 heteroatoms. The van der Waals surface area contributed by atoms with Crippen molar-refractivity contribution in [2.45, 2.75) is 31.8 Å². The Bertz CT molecular complexity index is 1010. The summed E-state index contributed by atoms with van der Waals surface area (Å²) in [5.41, 5.74) is 0.469. The van der Waals surface area contributed by atoms with E-state index < -0.39 is 28.0 Å². The first-order valence-electron chi connectivity index (χ1n) is 9.47. The van der Waals surface area contributed by atoms with Crippen LogP contribution in [0.5, 0.6) is 5.75 Å². The Kier molecular flexibility index (Phi) is 7.63. The number of carbonyl (C=O) groups is 2. The van der Waals surface area contributed by atoms with Gasteiger partial charge < -0.3 is 19.4 Å². The third-order valence-electron chi connectivity index (χ3n) is 4.55. The van der Waals surface area contributed by atoms with E-state index in [2.05, 4.69) is 5.32 Å². The van der Waals surface area contributed by atoms with Crippen LogP contribution in [0.1, 0.15) is 31.3 Å². The van der Waals surface area contributed by atoms with Crippen LogP contribution < -0.4 is 10.1 Å². The first-order chi connectivity index (χ1) is 14.1. The molecule has 9 nitrogen and oxygen atoms in total. The summed E-state index contributed by atoms with van der Waals surface area (Å²) in [5.74, 6) is -0.878. The number of aryl methyl sites for hydroxylation is 1. The smallest absolute Gasteiger partial charge is 0.355 e. The van der Waals surface area contributed by atoms with Crippen LogP contribution in [0.15, 0.2) is 41.4 Å².